The van der Waals surface area contributed by atoms with Crippen molar-refractivity contribution < 1.29 is 9.47 Å². The van der Waals surface area contributed by atoms with Crippen molar-refractivity contribution in [2.75, 3.05) is 20.0 Å². The van der Waals surface area contributed by atoms with Crippen LogP contribution in [0.5, 0.6) is 11.5 Å². The summed E-state index contributed by atoms with van der Waals surface area (Å²) in [4.78, 5) is 19.0. The van der Waals surface area contributed by atoms with Gasteiger partial charge in [-0.05, 0) is 12.1 Å². The minimum atomic E-state index is -0.197. The smallest absolute Gasteiger partial charge is 0.251 e. The Morgan fingerprint density at radius 3 is 2.48 bits per heavy atom. The van der Waals surface area contributed by atoms with Gasteiger partial charge in [-0.2, -0.15) is 0 Å². The Bertz CT molecular complexity index is 708. The first kappa shape index (κ1) is 14.9. The van der Waals surface area contributed by atoms with Crippen molar-refractivity contribution in [3.8, 4) is 22.8 Å². The van der Waals surface area contributed by atoms with Crippen LogP contribution in [0.4, 0.5) is 5.69 Å². The number of aromatic nitrogens is 2. The molecule has 1 aromatic heterocycles. The molecular weight excluding hydrogens is 270 g/mol. The van der Waals surface area contributed by atoms with Crippen LogP contribution in [-0.2, 0) is 0 Å². The number of H-pyrrole nitrogens is 1. The average molecular weight is 289 g/mol. The van der Waals surface area contributed by atoms with E-state index in [1.807, 2.05) is 13.8 Å². The number of ether oxygens (including phenoxy) is 2. The molecule has 1 aromatic carbocycles. The van der Waals surface area contributed by atoms with Gasteiger partial charge in [-0.3, -0.25) is 4.79 Å². The lowest BCUT2D eigenvalue weighted by molar-refractivity contribution is 0.356. The first-order valence-corrected chi connectivity index (χ1v) is 6.59. The SMILES string of the molecule is COc1cc(-c2cc(=O)[nH]c(C(C)C)n2)cc(N)c1OC. The van der Waals surface area contributed by atoms with Crippen molar-refractivity contribution in [1.29, 1.82) is 0 Å². The van der Waals surface area contributed by atoms with Crippen LogP contribution in [0.1, 0.15) is 25.6 Å². The molecule has 21 heavy (non-hydrogen) atoms. The molecule has 0 amide bonds. The van der Waals surface area contributed by atoms with Crippen molar-refractivity contribution in [2.45, 2.75) is 19.8 Å². The summed E-state index contributed by atoms with van der Waals surface area (Å²) < 4.78 is 10.5. The summed E-state index contributed by atoms with van der Waals surface area (Å²) in [6.07, 6.45) is 0. The maximum absolute atomic E-state index is 11.8. The Kier molecular flexibility index (Phi) is 4.16. The molecule has 3 N–H and O–H groups in total. The minimum Gasteiger partial charge on any atom is -0.493 e. The summed E-state index contributed by atoms with van der Waals surface area (Å²) >= 11 is 0. The van der Waals surface area contributed by atoms with E-state index in [0.717, 1.165) is 0 Å². The molecule has 0 unspecified atom stereocenters. The number of rotatable bonds is 4. The summed E-state index contributed by atoms with van der Waals surface area (Å²) in [7, 11) is 3.06. The van der Waals surface area contributed by atoms with Gasteiger partial charge >= 0.3 is 0 Å². The van der Waals surface area contributed by atoms with Gasteiger partial charge < -0.3 is 20.2 Å². The highest BCUT2D eigenvalue weighted by Crippen LogP contribution is 2.37. The van der Waals surface area contributed by atoms with Gasteiger partial charge in [0, 0.05) is 17.5 Å². The summed E-state index contributed by atoms with van der Waals surface area (Å²) in [5.74, 6) is 1.72. The molecule has 6 nitrogen and oxygen atoms in total. The van der Waals surface area contributed by atoms with Crippen molar-refractivity contribution in [3.05, 3.63) is 34.4 Å². The fourth-order valence-corrected chi connectivity index (χ4v) is 2.04. The first-order chi connectivity index (χ1) is 9.96. The van der Waals surface area contributed by atoms with Gasteiger partial charge in [-0.15, -0.1) is 0 Å². The van der Waals surface area contributed by atoms with Gasteiger partial charge in [0.15, 0.2) is 11.5 Å². The zero-order valence-electron chi connectivity index (χ0n) is 12.6. The number of hydrogen-bond donors (Lipinski definition) is 2. The fraction of sp³-hybridized carbons (Fsp3) is 0.333. The van der Waals surface area contributed by atoms with Crippen molar-refractivity contribution in [2.24, 2.45) is 0 Å². The van der Waals surface area contributed by atoms with Crippen LogP contribution >= 0.6 is 0 Å². The largest absolute Gasteiger partial charge is 0.493 e. The monoisotopic (exact) mass is 289 g/mol. The molecule has 0 aliphatic heterocycles. The maximum atomic E-state index is 11.8. The number of nitrogens with one attached hydrogen (secondary N) is 1. The van der Waals surface area contributed by atoms with Crippen LogP contribution in [0.2, 0.25) is 0 Å². The Balaban J connectivity index is 2.62. The highest BCUT2D eigenvalue weighted by Gasteiger charge is 2.13. The predicted molar refractivity (Wildman–Crippen MR) is 81.9 cm³/mol. The molecule has 0 fully saturated rings. The molecule has 2 rings (SSSR count). The van der Waals surface area contributed by atoms with Crippen LogP contribution < -0.4 is 20.8 Å². The summed E-state index contributed by atoms with van der Waals surface area (Å²) in [5.41, 5.74) is 7.45. The van der Waals surface area contributed by atoms with E-state index >= 15 is 0 Å². The number of methoxy groups -OCH3 is 2. The van der Waals surface area contributed by atoms with Crippen molar-refractivity contribution in [1.82, 2.24) is 9.97 Å². The zero-order chi connectivity index (χ0) is 15.6. The van der Waals surface area contributed by atoms with E-state index < -0.39 is 0 Å². The molecule has 0 spiro atoms. The number of hydrogen-bond acceptors (Lipinski definition) is 5. The third kappa shape index (κ3) is 2.99. The van der Waals surface area contributed by atoms with Gasteiger partial charge in [0.05, 0.1) is 25.6 Å². The van der Waals surface area contributed by atoms with Gasteiger partial charge in [-0.25, -0.2) is 4.98 Å². The Morgan fingerprint density at radius 2 is 1.90 bits per heavy atom. The maximum Gasteiger partial charge on any atom is 0.251 e. The summed E-state index contributed by atoms with van der Waals surface area (Å²) in [6.45, 7) is 3.93. The standard InChI is InChI=1S/C15H19N3O3/c1-8(2)15-17-11(7-13(19)18-15)9-5-10(16)14(21-4)12(6-9)20-3/h5-8H,16H2,1-4H3,(H,17,18,19). The summed E-state index contributed by atoms with van der Waals surface area (Å²) in [5, 5.41) is 0. The van der Waals surface area contributed by atoms with E-state index in [-0.39, 0.29) is 11.5 Å². The topological polar surface area (TPSA) is 90.2 Å². The highest BCUT2D eigenvalue weighted by molar-refractivity contribution is 5.73. The van der Waals surface area contributed by atoms with E-state index in [0.29, 0.717) is 34.3 Å². The predicted octanol–water partition coefficient (Wildman–Crippen LogP) is 2.16. The fourth-order valence-electron chi connectivity index (χ4n) is 2.04. The molecule has 0 atom stereocenters. The van der Waals surface area contributed by atoms with Crippen LogP contribution in [0.25, 0.3) is 11.3 Å². The van der Waals surface area contributed by atoms with Gasteiger partial charge in [0.2, 0.25) is 0 Å². The molecule has 0 saturated heterocycles. The number of nitrogens with two attached hydrogens (primary N) is 1. The molecule has 0 bridgehead atoms. The summed E-state index contributed by atoms with van der Waals surface area (Å²) in [6, 6.07) is 4.90. The molecule has 1 heterocycles. The zero-order valence-corrected chi connectivity index (χ0v) is 12.6. The molecule has 0 aliphatic rings. The molecule has 0 aliphatic carbocycles. The van der Waals surface area contributed by atoms with E-state index in [1.165, 1.54) is 20.3 Å². The average Bonchev–Trinajstić information content (AvgIpc) is 2.45. The molecule has 112 valence electrons. The number of nitrogen functional groups attached to an aromatic ring is 1. The molecule has 0 radical (unpaired) electrons. The normalized spacial score (nSPS) is 10.7. The second-order valence-electron chi connectivity index (χ2n) is 4.97. The van der Waals surface area contributed by atoms with Crippen LogP contribution in [-0.4, -0.2) is 24.2 Å². The lowest BCUT2D eigenvalue weighted by atomic mass is 10.1. The molecule has 0 saturated carbocycles. The quantitative estimate of drug-likeness (QED) is 0.842. The minimum absolute atomic E-state index is 0.121. The second kappa shape index (κ2) is 5.87. The lowest BCUT2D eigenvalue weighted by Crippen LogP contribution is -2.12. The Hall–Kier alpha value is -2.50. The highest BCUT2D eigenvalue weighted by atomic mass is 16.5. The first-order valence-electron chi connectivity index (χ1n) is 6.59. The van der Waals surface area contributed by atoms with E-state index in [9.17, 15) is 4.79 Å². The van der Waals surface area contributed by atoms with Gasteiger partial charge in [-0.1, -0.05) is 13.8 Å². The van der Waals surface area contributed by atoms with Crippen LogP contribution in [0.15, 0.2) is 23.0 Å². The number of anilines is 1. The van der Waals surface area contributed by atoms with Crippen molar-refractivity contribution in [3.63, 3.8) is 0 Å². The van der Waals surface area contributed by atoms with Crippen LogP contribution in [0, 0.1) is 0 Å². The lowest BCUT2D eigenvalue weighted by Gasteiger charge is -2.13. The van der Waals surface area contributed by atoms with E-state index in [1.54, 1.807) is 12.1 Å². The van der Waals surface area contributed by atoms with Crippen molar-refractivity contribution >= 4 is 5.69 Å². The third-order valence-corrected chi connectivity index (χ3v) is 3.11. The molecule has 2 aromatic rings. The third-order valence-electron chi connectivity index (χ3n) is 3.11. The van der Waals surface area contributed by atoms with Gasteiger partial charge in [0.25, 0.3) is 5.56 Å². The van der Waals surface area contributed by atoms with Gasteiger partial charge in [0.1, 0.15) is 5.82 Å². The molecule has 6 heteroatoms. The number of nitrogens with zero attached hydrogens (tertiary/aromatic N) is 1. The number of benzene rings is 1. The second-order valence-corrected chi connectivity index (χ2v) is 4.97. The Morgan fingerprint density at radius 1 is 1.19 bits per heavy atom. The number of aromatic amines is 1. The van der Waals surface area contributed by atoms with E-state index in [2.05, 4.69) is 9.97 Å². The van der Waals surface area contributed by atoms with E-state index in [4.69, 9.17) is 15.2 Å². The Labute approximate surface area is 122 Å². The molecular formula is C15H19N3O3. The van der Waals surface area contributed by atoms with Crippen LogP contribution in [0.3, 0.4) is 0 Å².